The molecule has 4 heteroatoms. The second kappa shape index (κ2) is 7.45. The van der Waals surface area contributed by atoms with Crippen LogP contribution in [-0.2, 0) is 0 Å². The van der Waals surface area contributed by atoms with Gasteiger partial charge in [0.2, 0.25) is 0 Å². The lowest BCUT2D eigenvalue weighted by Crippen LogP contribution is -2.34. The fourth-order valence-electron chi connectivity index (χ4n) is 3.05. The van der Waals surface area contributed by atoms with E-state index < -0.39 is 0 Å². The number of carbonyl (C=O) groups is 1. The Labute approximate surface area is 148 Å². The fraction of sp³-hybridized carbons (Fsp3) is 0.238. The second-order valence-electron chi connectivity index (χ2n) is 6.43. The van der Waals surface area contributed by atoms with Crippen molar-refractivity contribution in [2.75, 3.05) is 20.6 Å². The summed E-state index contributed by atoms with van der Waals surface area (Å²) in [5.41, 5.74) is 3.55. The molecule has 0 radical (unpaired) electrons. The van der Waals surface area contributed by atoms with Gasteiger partial charge in [-0.1, -0.05) is 48.5 Å². The Balaban J connectivity index is 1.83. The molecule has 3 aromatic rings. The molecule has 0 aliphatic rings. The Bertz CT molecular complexity index is 875. The molecule has 4 nitrogen and oxygen atoms in total. The number of aryl methyl sites for hydroxylation is 1. The van der Waals surface area contributed by atoms with Gasteiger partial charge in [-0.25, -0.2) is 0 Å². The summed E-state index contributed by atoms with van der Waals surface area (Å²) in [6.07, 6.45) is 0. The third kappa shape index (κ3) is 3.86. The standard InChI is InChI=1S/C21H23N3O/c1-15-13-18(17-11-7-8-12-19(17)23-15)21(25)22-14-20(24(2)3)16-9-5-4-6-10-16/h4-13,20H,14H2,1-3H3,(H,22,25). The Hall–Kier alpha value is -2.72. The van der Waals surface area contributed by atoms with E-state index in [4.69, 9.17) is 0 Å². The number of nitrogens with one attached hydrogen (secondary N) is 1. The maximum Gasteiger partial charge on any atom is 0.252 e. The minimum atomic E-state index is -0.0653. The van der Waals surface area contributed by atoms with Crippen LogP contribution in [0.5, 0.6) is 0 Å². The van der Waals surface area contributed by atoms with E-state index in [1.807, 2.05) is 69.6 Å². The molecule has 1 atom stereocenters. The molecular formula is C21H23N3O. The first-order valence-corrected chi connectivity index (χ1v) is 8.42. The molecule has 0 aliphatic carbocycles. The Kier molecular flexibility index (Phi) is 5.10. The first kappa shape index (κ1) is 17.1. The molecule has 0 saturated carbocycles. The number of carbonyl (C=O) groups excluding carboxylic acids is 1. The van der Waals surface area contributed by atoms with Crippen LogP contribution in [0.4, 0.5) is 0 Å². The second-order valence-corrected chi connectivity index (χ2v) is 6.43. The van der Waals surface area contributed by atoms with Crippen molar-refractivity contribution in [1.82, 2.24) is 15.2 Å². The topological polar surface area (TPSA) is 45.2 Å². The quantitative estimate of drug-likeness (QED) is 0.776. The zero-order valence-corrected chi connectivity index (χ0v) is 14.9. The first-order valence-electron chi connectivity index (χ1n) is 8.42. The predicted molar refractivity (Wildman–Crippen MR) is 102 cm³/mol. The fourth-order valence-corrected chi connectivity index (χ4v) is 3.05. The molecule has 0 fully saturated rings. The first-order chi connectivity index (χ1) is 12.1. The lowest BCUT2D eigenvalue weighted by atomic mass is 10.0. The molecule has 128 valence electrons. The van der Waals surface area contributed by atoms with Crippen molar-refractivity contribution in [2.45, 2.75) is 13.0 Å². The van der Waals surface area contributed by atoms with Gasteiger partial charge in [0.1, 0.15) is 0 Å². The smallest absolute Gasteiger partial charge is 0.252 e. The number of amides is 1. The van der Waals surface area contributed by atoms with Gasteiger partial charge < -0.3 is 10.2 Å². The number of hydrogen-bond donors (Lipinski definition) is 1. The number of fused-ring (bicyclic) bond motifs is 1. The van der Waals surface area contributed by atoms with E-state index in [0.717, 1.165) is 16.6 Å². The average molecular weight is 333 g/mol. The molecule has 3 rings (SSSR count). The van der Waals surface area contributed by atoms with E-state index in [1.165, 1.54) is 5.56 Å². The van der Waals surface area contributed by atoms with Gasteiger partial charge in [0.25, 0.3) is 5.91 Å². The summed E-state index contributed by atoms with van der Waals surface area (Å²) in [5.74, 6) is -0.0653. The number of rotatable bonds is 5. The molecule has 1 amide bonds. The number of aromatic nitrogens is 1. The molecular weight excluding hydrogens is 310 g/mol. The maximum atomic E-state index is 12.8. The molecule has 0 spiro atoms. The van der Waals surface area contributed by atoms with Crippen molar-refractivity contribution < 1.29 is 4.79 Å². The van der Waals surface area contributed by atoms with Crippen molar-refractivity contribution in [2.24, 2.45) is 0 Å². The number of nitrogens with zero attached hydrogens (tertiary/aromatic N) is 2. The Morgan fingerprint density at radius 2 is 1.76 bits per heavy atom. The van der Waals surface area contributed by atoms with Gasteiger partial charge in [-0.05, 0) is 38.7 Å². The number of benzene rings is 2. The number of pyridine rings is 1. The molecule has 25 heavy (non-hydrogen) atoms. The summed E-state index contributed by atoms with van der Waals surface area (Å²) in [4.78, 5) is 19.4. The van der Waals surface area contributed by atoms with Gasteiger partial charge >= 0.3 is 0 Å². The van der Waals surface area contributed by atoms with Crippen LogP contribution < -0.4 is 5.32 Å². The van der Waals surface area contributed by atoms with Crippen LogP contribution in [0, 0.1) is 6.92 Å². The van der Waals surface area contributed by atoms with Crippen LogP contribution in [0.25, 0.3) is 10.9 Å². The zero-order chi connectivity index (χ0) is 17.8. The third-order valence-corrected chi connectivity index (χ3v) is 4.35. The molecule has 2 aromatic carbocycles. The zero-order valence-electron chi connectivity index (χ0n) is 14.9. The summed E-state index contributed by atoms with van der Waals surface area (Å²) in [5, 5.41) is 3.97. The average Bonchev–Trinajstić information content (AvgIpc) is 2.61. The van der Waals surface area contributed by atoms with Gasteiger partial charge in [-0.15, -0.1) is 0 Å². The van der Waals surface area contributed by atoms with Crippen molar-refractivity contribution in [1.29, 1.82) is 0 Å². The number of para-hydroxylation sites is 1. The molecule has 1 unspecified atom stereocenters. The minimum absolute atomic E-state index is 0.0653. The lowest BCUT2D eigenvalue weighted by molar-refractivity contribution is 0.0943. The summed E-state index contributed by atoms with van der Waals surface area (Å²) >= 11 is 0. The molecule has 1 N–H and O–H groups in total. The summed E-state index contributed by atoms with van der Waals surface area (Å²) in [6, 6.07) is 19.9. The van der Waals surface area contributed by atoms with E-state index in [-0.39, 0.29) is 11.9 Å². The van der Waals surface area contributed by atoms with Crippen LogP contribution in [0.2, 0.25) is 0 Å². The van der Waals surface area contributed by atoms with Crippen LogP contribution in [0.3, 0.4) is 0 Å². The molecule has 0 bridgehead atoms. The van der Waals surface area contributed by atoms with Crippen molar-refractivity contribution >= 4 is 16.8 Å². The van der Waals surface area contributed by atoms with Crippen molar-refractivity contribution in [3.05, 3.63) is 77.5 Å². The summed E-state index contributed by atoms with van der Waals surface area (Å²) in [6.45, 7) is 2.46. The Morgan fingerprint density at radius 3 is 2.48 bits per heavy atom. The Morgan fingerprint density at radius 1 is 1.08 bits per heavy atom. The van der Waals surface area contributed by atoms with Gasteiger partial charge in [0, 0.05) is 17.6 Å². The number of hydrogen-bond acceptors (Lipinski definition) is 3. The van der Waals surface area contributed by atoms with E-state index in [1.54, 1.807) is 0 Å². The maximum absolute atomic E-state index is 12.8. The van der Waals surface area contributed by atoms with Gasteiger partial charge in [-0.2, -0.15) is 0 Å². The normalized spacial score (nSPS) is 12.3. The van der Waals surface area contributed by atoms with Crippen LogP contribution in [-0.4, -0.2) is 36.4 Å². The van der Waals surface area contributed by atoms with E-state index in [9.17, 15) is 4.79 Å². The summed E-state index contributed by atoms with van der Waals surface area (Å²) < 4.78 is 0. The van der Waals surface area contributed by atoms with E-state index >= 15 is 0 Å². The lowest BCUT2D eigenvalue weighted by Gasteiger charge is -2.25. The molecule has 0 saturated heterocycles. The molecule has 0 aliphatic heterocycles. The highest BCUT2D eigenvalue weighted by Crippen LogP contribution is 2.20. The van der Waals surface area contributed by atoms with Crippen LogP contribution in [0.15, 0.2) is 60.7 Å². The van der Waals surface area contributed by atoms with Crippen LogP contribution in [0.1, 0.15) is 27.7 Å². The van der Waals surface area contributed by atoms with Gasteiger partial charge in [0.15, 0.2) is 0 Å². The van der Waals surface area contributed by atoms with Gasteiger partial charge in [-0.3, -0.25) is 9.78 Å². The molecule has 1 aromatic heterocycles. The highest BCUT2D eigenvalue weighted by Gasteiger charge is 2.17. The number of likely N-dealkylation sites (N-methyl/N-ethyl adjacent to an activating group) is 1. The molecule has 1 heterocycles. The SMILES string of the molecule is Cc1cc(C(=O)NCC(c2ccccc2)N(C)C)c2ccccc2n1. The predicted octanol–water partition coefficient (Wildman–Crippen LogP) is 3.58. The van der Waals surface area contributed by atoms with Crippen molar-refractivity contribution in [3.8, 4) is 0 Å². The largest absolute Gasteiger partial charge is 0.350 e. The highest BCUT2D eigenvalue weighted by molar-refractivity contribution is 6.06. The van der Waals surface area contributed by atoms with Crippen LogP contribution >= 0.6 is 0 Å². The third-order valence-electron chi connectivity index (χ3n) is 4.35. The monoisotopic (exact) mass is 333 g/mol. The van der Waals surface area contributed by atoms with Gasteiger partial charge in [0.05, 0.1) is 17.1 Å². The summed E-state index contributed by atoms with van der Waals surface area (Å²) in [7, 11) is 4.05. The highest BCUT2D eigenvalue weighted by atomic mass is 16.1. The minimum Gasteiger partial charge on any atom is -0.350 e. The van der Waals surface area contributed by atoms with E-state index in [2.05, 4.69) is 27.3 Å². The van der Waals surface area contributed by atoms with Crippen molar-refractivity contribution in [3.63, 3.8) is 0 Å². The van der Waals surface area contributed by atoms with E-state index in [0.29, 0.717) is 12.1 Å².